The molecule has 0 saturated carbocycles. The maximum Gasteiger partial charge on any atom is 0.168 e. The van der Waals surface area contributed by atoms with Crippen molar-refractivity contribution in [1.82, 2.24) is 0 Å². The first-order valence-corrected chi connectivity index (χ1v) is 6.19. The molecule has 5 heteroatoms. The molecular weight excluding hydrogens is 289 g/mol. The zero-order chi connectivity index (χ0) is 14.9. The van der Waals surface area contributed by atoms with Gasteiger partial charge in [0.25, 0.3) is 0 Å². The molecule has 1 nitrogen and oxygen atoms in total. The summed E-state index contributed by atoms with van der Waals surface area (Å²) in [6.07, 6.45) is -0.339. The van der Waals surface area contributed by atoms with Gasteiger partial charge >= 0.3 is 0 Å². The molecule has 0 aliphatic rings. The lowest BCUT2D eigenvalue weighted by molar-refractivity contribution is 0.0991. The number of ketones is 1. The van der Waals surface area contributed by atoms with E-state index in [2.05, 4.69) is 0 Å². The summed E-state index contributed by atoms with van der Waals surface area (Å²) in [5.41, 5.74) is 0.291. The van der Waals surface area contributed by atoms with Crippen molar-refractivity contribution in [3.63, 3.8) is 0 Å². The Morgan fingerprint density at radius 1 is 1.15 bits per heavy atom. The molecule has 0 amide bonds. The highest BCUT2D eigenvalue weighted by atomic mass is 35.5. The molecule has 0 bridgehead atoms. The van der Waals surface area contributed by atoms with Gasteiger partial charge in [-0.25, -0.2) is 13.2 Å². The number of rotatable bonds is 3. The van der Waals surface area contributed by atoms with Crippen LogP contribution in [0.4, 0.5) is 13.2 Å². The first kappa shape index (κ1) is 14.6. The molecule has 2 aromatic rings. The van der Waals surface area contributed by atoms with Crippen molar-refractivity contribution in [3.8, 4) is 0 Å². The molecule has 0 fully saturated rings. The highest BCUT2D eigenvalue weighted by Crippen LogP contribution is 2.23. The molecule has 0 aliphatic carbocycles. The van der Waals surface area contributed by atoms with E-state index in [1.54, 1.807) is 0 Å². The van der Waals surface area contributed by atoms with Crippen LogP contribution in [0.2, 0.25) is 5.02 Å². The minimum absolute atomic E-state index is 0.0464. The Labute approximate surface area is 119 Å². The van der Waals surface area contributed by atoms with E-state index in [1.165, 1.54) is 25.1 Å². The van der Waals surface area contributed by atoms with Crippen molar-refractivity contribution < 1.29 is 18.0 Å². The predicted octanol–water partition coefficient (Wildman–Crippen LogP) is 4.49. The Kier molecular flexibility index (Phi) is 4.14. The van der Waals surface area contributed by atoms with Gasteiger partial charge in [-0.15, -0.1) is 0 Å². The van der Waals surface area contributed by atoms with Gasteiger partial charge in [0.15, 0.2) is 17.4 Å². The Morgan fingerprint density at radius 3 is 2.55 bits per heavy atom. The average Bonchev–Trinajstić information content (AvgIpc) is 2.39. The van der Waals surface area contributed by atoms with Crippen LogP contribution in [0.25, 0.3) is 0 Å². The van der Waals surface area contributed by atoms with E-state index in [0.717, 1.165) is 12.1 Å². The molecule has 2 aromatic carbocycles. The van der Waals surface area contributed by atoms with E-state index in [1.807, 2.05) is 0 Å². The fourth-order valence-corrected chi connectivity index (χ4v) is 2.08. The minimum atomic E-state index is -1.06. The third kappa shape index (κ3) is 2.85. The highest BCUT2D eigenvalue weighted by Gasteiger charge is 2.17. The Hall–Kier alpha value is -1.81. The Balaban J connectivity index is 2.33. The topological polar surface area (TPSA) is 17.1 Å². The SMILES string of the molecule is Cc1cc(C(=O)Cc2cccc(F)c2F)c(Cl)cc1F. The standard InChI is InChI=1S/C15H10ClF3O/c1-8-5-10(11(16)7-13(8)18)14(20)6-9-3-2-4-12(17)15(9)19/h2-5,7H,6H2,1H3. The molecule has 0 spiro atoms. The molecule has 2 rings (SSSR count). The van der Waals surface area contributed by atoms with Gasteiger partial charge in [-0.1, -0.05) is 23.7 Å². The fraction of sp³-hybridized carbons (Fsp3) is 0.133. The predicted molar refractivity (Wildman–Crippen MR) is 70.5 cm³/mol. The van der Waals surface area contributed by atoms with Crippen LogP contribution in [-0.2, 0) is 6.42 Å². The van der Waals surface area contributed by atoms with Crippen LogP contribution in [0, 0.1) is 24.4 Å². The molecule has 0 saturated heterocycles. The molecule has 0 aromatic heterocycles. The van der Waals surface area contributed by atoms with Crippen molar-refractivity contribution in [2.45, 2.75) is 13.3 Å². The van der Waals surface area contributed by atoms with Gasteiger partial charge in [0.2, 0.25) is 0 Å². The van der Waals surface area contributed by atoms with Gasteiger partial charge in [-0.2, -0.15) is 0 Å². The fourth-order valence-electron chi connectivity index (χ4n) is 1.82. The highest BCUT2D eigenvalue weighted by molar-refractivity contribution is 6.34. The number of Topliss-reactive ketones (excluding diaryl/α,β-unsaturated/α-hetero) is 1. The van der Waals surface area contributed by atoms with E-state index in [4.69, 9.17) is 11.6 Å². The second kappa shape index (κ2) is 5.67. The number of hydrogen-bond acceptors (Lipinski definition) is 1. The molecule has 0 atom stereocenters. The molecule has 0 aliphatic heterocycles. The molecule has 0 N–H and O–H groups in total. The molecule has 0 unspecified atom stereocenters. The summed E-state index contributed by atoms with van der Waals surface area (Å²) >= 11 is 5.80. The zero-order valence-electron chi connectivity index (χ0n) is 10.5. The number of benzene rings is 2. The van der Waals surface area contributed by atoms with Gasteiger partial charge in [-0.3, -0.25) is 4.79 Å². The quantitative estimate of drug-likeness (QED) is 0.763. The number of halogens is 4. The van der Waals surface area contributed by atoms with Crippen LogP contribution in [0.3, 0.4) is 0 Å². The minimum Gasteiger partial charge on any atom is -0.294 e. The summed E-state index contributed by atoms with van der Waals surface area (Å²) in [4.78, 5) is 12.1. The molecular formula is C15H10ClF3O. The van der Waals surface area contributed by atoms with Crippen molar-refractivity contribution in [1.29, 1.82) is 0 Å². The van der Waals surface area contributed by atoms with Crippen LogP contribution in [0.1, 0.15) is 21.5 Å². The first-order valence-electron chi connectivity index (χ1n) is 5.82. The Morgan fingerprint density at radius 2 is 1.85 bits per heavy atom. The third-order valence-corrected chi connectivity index (χ3v) is 3.24. The molecule has 104 valence electrons. The normalized spacial score (nSPS) is 10.7. The van der Waals surface area contributed by atoms with Crippen LogP contribution < -0.4 is 0 Å². The number of hydrogen-bond donors (Lipinski definition) is 0. The smallest absolute Gasteiger partial charge is 0.168 e. The largest absolute Gasteiger partial charge is 0.294 e. The summed E-state index contributed by atoms with van der Waals surface area (Å²) in [5, 5.41) is -0.0464. The van der Waals surface area contributed by atoms with Crippen LogP contribution in [0.15, 0.2) is 30.3 Å². The van der Waals surface area contributed by atoms with Crippen LogP contribution >= 0.6 is 11.6 Å². The monoisotopic (exact) mass is 298 g/mol. The van der Waals surface area contributed by atoms with E-state index in [0.29, 0.717) is 0 Å². The maximum absolute atomic E-state index is 13.5. The molecule has 0 radical (unpaired) electrons. The van der Waals surface area contributed by atoms with Crippen LogP contribution in [0.5, 0.6) is 0 Å². The number of carbonyl (C=O) groups is 1. The van der Waals surface area contributed by atoms with Gasteiger partial charge in [-0.05, 0) is 36.2 Å². The maximum atomic E-state index is 13.5. The number of carbonyl (C=O) groups excluding carboxylic acids is 1. The average molecular weight is 299 g/mol. The summed E-state index contributed by atoms with van der Waals surface area (Å²) < 4.78 is 39.8. The second-order valence-corrected chi connectivity index (χ2v) is 4.80. The lowest BCUT2D eigenvalue weighted by Crippen LogP contribution is -2.07. The van der Waals surface area contributed by atoms with Crippen molar-refractivity contribution >= 4 is 17.4 Å². The van der Waals surface area contributed by atoms with Crippen molar-refractivity contribution in [2.75, 3.05) is 0 Å². The van der Waals surface area contributed by atoms with Crippen molar-refractivity contribution in [3.05, 3.63) is 69.5 Å². The molecule has 20 heavy (non-hydrogen) atoms. The third-order valence-electron chi connectivity index (χ3n) is 2.93. The summed E-state index contributed by atoms with van der Waals surface area (Å²) in [6.45, 7) is 1.49. The molecule has 0 heterocycles. The van der Waals surface area contributed by atoms with E-state index in [-0.39, 0.29) is 28.1 Å². The van der Waals surface area contributed by atoms with E-state index < -0.39 is 23.2 Å². The first-order chi connectivity index (χ1) is 9.40. The summed E-state index contributed by atoms with van der Waals surface area (Å²) in [7, 11) is 0. The van der Waals surface area contributed by atoms with Gasteiger partial charge in [0, 0.05) is 12.0 Å². The lowest BCUT2D eigenvalue weighted by Gasteiger charge is -2.07. The summed E-state index contributed by atoms with van der Waals surface area (Å²) in [5.74, 6) is -3.10. The van der Waals surface area contributed by atoms with Gasteiger partial charge in [0.05, 0.1) is 5.02 Å². The second-order valence-electron chi connectivity index (χ2n) is 4.39. The van der Waals surface area contributed by atoms with Gasteiger partial charge < -0.3 is 0 Å². The van der Waals surface area contributed by atoms with E-state index >= 15 is 0 Å². The van der Waals surface area contributed by atoms with E-state index in [9.17, 15) is 18.0 Å². The number of aryl methyl sites for hydroxylation is 1. The summed E-state index contributed by atoms with van der Waals surface area (Å²) in [6, 6.07) is 5.95. The van der Waals surface area contributed by atoms with Crippen LogP contribution in [-0.4, -0.2) is 5.78 Å². The lowest BCUT2D eigenvalue weighted by atomic mass is 10.0. The van der Waals surface area contributed by atoms with Crippen molar-refractivity contribution in [2.24, 2.45) is 0 Å². The van der Waals surface area contributed by atoms with Gasteiger partial charge in [0.1, 0.15) is 5.82 Å². The Bertz CT molecular complexity index is 683. The zero-order valence-corrected chi connectivity index (χ0v) is 11.3.